The van der Waals surface area contributed by atoms with Gasteiger partial charge < -0.3 is 14.9 Å². The van der Waals surface area contributed by atoms with E-state index >= 15 is 0 Å². The summed E-state index contributed by atoms with van der Waals surface area (Å²) in [6, 6.07) is 1.57. The minimum absolute atomic E-state index is 0.248. The summed E-state index contributed by atoms with van der Waals surface area (Å²) in [7, 11) is 0. The Morgan fingerprint density at radius 3 is 1.85 bits per heavy atom. The number of hydrogen-bond acceptors (Lipinski definition) is 3. The van der Waals surface area contributed by atoms with Gasteiger partial charge in [-0.05, 0) is 56.4 Å². The van der Waals surface area contributed by atoms with Gasteiger partial charge in [-0.1, -0.05) is 26.7 Å². The molecule has 0 radical (unpaired) electrons. The smallest absolute Gasteiger partial charge is 0.121 e. The van der Waals surface area contributed by atoms with Crippen LogP contribution >= 0.6 is 0 Å². The molecule has 3 nitrogen and oxygen atoms in total. The van der Waals surface area contributed by atoms with Gasteiger partial charge >= 0.3 is 0 Å². The highest BCUT2D eigenvalue weighted by Crippen LogP contribution is 2.30. The first-order valence-electron chi connectivity index (χ1n) is 7.52. The molecule has 0 aromatic heterocycles. The molecular formula is C17H30O3. The molecule has 0 bridgehead atoms. The summed E-state index contributed by atoms with van der Waals surface area (Å²) >= 11 is 0. The van der Waals surface area contributed by atoms with Crippen molar-refractivity contribution in [3.05, 3.63) is 22.8 Å². The van der Waals surface area contributed by atoms with Crippen molar-refractivity contribution in [1.82, 2.24) is 0 Å². The molecule has 0 aliphatic heterocycles. The Kier molecular flexibility index (Phi) is 9.91. The molecule has 3 heteroatoms. The van der Waals surface area contributed by atoms with E-state index in [1.165, 1.54) is 25.7 Å². The van der Waals surface area contributed by atoms with Gasteiger partial charge in [0.25, 0.3) is 0 Å². The highest BCUT2D eigenvalue weighted by Gasteiger charge is 2.06. The van der Waals surface area contributed by atoms with Gasteiger partial charge in [0.05, 0.1) is 0 Å². The Morgan fingerprint density at radius 2 is 1.40 bits per heavy atom. The van der Waals surface area contributed by atoms with Gasteiger partial charge in [0.15, 0.2) is 0 Å². The van der Waals surface area contributed by atoms with E-state index in [9.17, 15) is 10.2 Å². The standard InChI is InChI=1S/C9H12O2.C8H18O/c1-5-4-8(10)6(2)7(3)9(5)11;1-3-5-7-9-8-6-4-2/h4,10-11H,1-3H3;3-8H2,1-2H3. The summed E-state index contributed by atoms with van der Waals surface area (Å²) in [4.78, 5) is 0. The zero-order chi connectivity index (χ0) is 15.5. The third-order valence-corrected chi connectivity index (χ3v) is 3.31. The van der Waals surface area contributed by atoms with E-state index in [1.54, 1.807) is 26.8 Å². The SMILES string of the molecule is CCCCOCCCC.Cc1cc(O)c(C)c(C)c1O. The van der Waals surface area contributed by atoms with Crippen molar-refractivity contribution in [2.24, 2.45) is 0 Å². The fourth-order valence-electron chi connectivity index (χ4n) is 1.64. The predicted octanol–water partition coefficient (Wildman–Crippen LogP) is 4.63. The van der Waals surface area contributed by atoms with Crippen molar-refractivity contribution in [1.29, 1.82) is 0 Å². The summed E-state index contributed by atoms with van der Waals surface area (Å²) in [5.74, 6) is 0.526. The lowest BCUT2D eigenvalue weighted by molar-refractivity contribution is 0.128. The normalized spacial score (nSPS) is 10.1. The van der Waals surface area contributed by atoms with Crippen LogP contribution in [0.2, 0.25) is 0 Å². The molecule has 2 N–H and O–H groups in total. The molecule has 0 fully saturated rings. The van der Waals surface area contributed by atoms with Crippen LogP contribution in [0.15, 0.2) is 6.07 Å². The number of phenols is 2. The molecule has 0 spiro atoms. The van der Waals surface area contributed by atoms with E-state index in [1.807, 2.05) is 0 Å². The lowest BCUT2D eigenvalue weighted by Gasteiger charge is -2.07. The third-order valence-electron chi connectivity index (χ3n) is 3.31. The van der Waals surface area contributed by atoms with Crippen LogP contribution in [0.5, 0.6) is 11.5 Å². The quantitative estimate of drug-likeness (QED) is 0.591. The molecule has 20 heavy (non-hydrogen) atoms. The largest absolute Gasteiger partial charge is 0.508 e. The maximum absolute atomic E-state index is 9.40. The molecule has 0 atom stereocenters. The minimum atomic E-state index is 0.248. The van der Waals surface area contributed by atoms with Crippen LogP contribution in [0.3, 0.4) is 0 Å². The molecule has 1 aromatic carbocycles. The lowest BCUT2D eigenvalue weighted by Crippen LogP contribution is -1.95. The van der Waals surface area contributed by atoms with Crippen molar-refractivity contribution >= 4 is 0 Å². The molecule has 1 rings (SSSR count). The predicted molar refractivity (Wildman–Crippen MR) is 84.6 cm³/mol. The van der Waals surface area contributed by atoms with E-state index in [4.69, 9.17) is 4.74 Å². The van der Waals surface area contributed by atoms with Crippen LogP contribution in [0.1, 0.15) is 56.2 Å². The fourth-order valence-corrected chi connectivity index (χ4v) is 1.64. The number of rotatable bonds is 6. The average molecular weight is 282 g/mol. The zero-order valence-corrected chi connectivity index (χ0v) is 13.6. The van der Waals surface area contributed by atoms with Gasteiger partial charge in [-0.3, -0.25) is 0 Å². The van der Waals surface area contributed by atoms with E-state index < -0.39 is 0 Å². The number of aromatic hydroxyl groups is 2. The number of benzene rings is 1. The zero-order valence-electron chi connectivity index (χ0n) is 13.6. The molecule has 116 valence electrons. The minimum Gasteiger partial charge on any atom is -0.508 e. The summed E-state index contributed by atoms with van der Waals surface area (Å²) in [5, 5.41) is 18.7. The fraction of sp³-hybridized carbons (Fsp3) is 0.647. The number of aryl methyl sites for hydroxylation is 1. The number of unbranched alkanes of at least 4 members (excludes halogenated alkanes) is 2. The molecular weight excluding hydrogens is 252 g/mol. The first-order valence-corrected chi connectivity index (χ1v) is 7.52. The van der Waals surface area contributed by atoms with Gasteiger partial charge in [-0.25, -0.2) is 0 Å². The number of ether oxygens (including phenoxy) is 1. The van der Waals surface area contributed by atoms with Crippen LogP contribution in [0.25, 0.3) is 0 Å². The van der Waals surface area contributed by atoms with Gasteiger partial charge in [0, 0.05) is 13.2 Å². The Labute approximate surface area is 123 Å². The number of phenolic OH excluding ortho intramolecular Hbond substituents is 2. The van der Waals surface area contributed by atoms with Crippen molar-refractivity contribution in [2.75, 3.05) is 13.2 Å². The van der Waals surface area contributed by atoms with Crippen molar-refractivity contribution < 1.29 is 14.9 Å². The molecule has 0 saturated carbocycles. The first kappa shape index (κ1) is 18.8. The Bertz CT molecular complexity index is 354. The van der Waals surface area contributed by atoms with Crippen LogP contribution in [0, 0.1) is 20.8 Å². The molecule has 0 aliphatic carbocycles. The summed E-state index contributed by atoms with van der Waals surface area (Å²) in [6.07, 6.45) is 4.91. The first-order chi connectivity index (χ1) is 9.45. The van der Waals surface area contributed by atoms with Crippen LogP contribution in [-0.4, -0.2) is 23.4 Å². The van der Waals surface area contributed by atoms with Crippen molar-refractivity contribution in [3.8, 4) is 11.5 Å². The summed E-state index contributed by atoms with van der Waals surface area (Å²) < 4.78 is 5.31. The second-order valence-electron chi connectivity index (χ2n) is 5.13. The Hall–Kier alpha value is -1.22. The van der Waals surface area contributed by atoms with E-state index in [-0.39, 0.29) is 11.5 Å². The van der Waals surface area contributed by atoms with Crippen molar-refractivity contribution in [3.63, 3.8) is 0 Å². The maximum Gasteiger partial charge on any atom is 0.121 e. The van der Waals surface area contributed by atoms with Crippen molar-refractivity contribution in [2.45, 2.75) is 60.3 Å². The molecule has 0 amide bonds. The molecule has 0 aliphatic rings. The molecule has 0 unspecified atom stereocenters. The summed E-state index contributed by atoms with van der Waals surface area (Å²) in [6.45, 7) is 11.6. The average Bonchev–Trinajstić information content (AvgIpc) is 2.44. The van der Waals surface area contributed by atoms with Crippen LogP contribution < -0.4 is 0 Å². The molecule has 0 saturated heterocycles. The van der Waals surface area contributed by atoms with Gasteiger partial charge in [0.1, 0.15) is 11.5 Å². The monoisotopic (exact) mass is 282 g/mol. The van der Waals surface area contributed by atoms with Crippen LogP contribution in [0.4, 0.5) is 0 Å². The van der Waals surface area contributed by atoms with Gasteiger partial charge in [-0.2, -0.15) is 0 Å². The highest BCUT2D eigenvalue weighted by molar-refractivity contribution is 5.50. The van der Waals surface area contributed by atoms with Gasteiger partial charge in [0.2, 0.25) is 0 Å². The Balaban J connectivity index is 0.000000370. The second kappa shape index (κ2) is 10.6. The maximum atomic E-state index is 9.40. The molecule has 1 aromatic rings. The second-order valence-corrected chi connectivity index (χ2v) is 5.13. The lowest BCUT2D eigenvalue weighted by atomic mass is 10.0. The van der Waals surface area contributed by atoms with E-state index in [2.05, 4.69) is 13.8 Å². The van der Waals surface area contributed by atoms with E-state index in [0.717, 1.165) is 24.3 Å². The summed E-state index contributed by atoms with van der Waals surface area (Å²) in [5.41, 5.74) is 2.21. The highest BCUT2D eigenvalue weighted by atomic mass is 16.5. The third kappa shape index (κ3) is 6.80. The molecule has 0 heterocycles. The topological polar surface area (TPSA) is 49.7 Å². The van der Waals surface area contributed by atoms with E-state index in [0.29, 0.717) is 5.56 Å². The Morgan fingerprint density at radius 1 is 0.900 bits per heavy atom. The van der Waals surface area contributed by atoms with Gasteiger partial charge in [-0.15, -0.1) is 0 Å². The number of hydrogen-bond donors (Lipinski definition) is 2. The van der Waals surface area contributed by atoms with Crippen LogP contribution in [-0.2, 0) is 4.74 Å².